The molecule has 0 aliphatic carbocycles. The lowest BCUT2D eigenvalue weighted by molar-refractivity contribution is -0.384. The number of fused-ring (bicyclic) bond motifs is 1. The molecule has 0 saturated heterocycles. The van der Waals surface area contributed by atoms with Gasteiger partial charge in [-0.2, -0.15) is 0 Å². The van der Waals surface area contributed by atoms with Crippen molar-refractivity contribution in [3.8, 4) is 16.9 Å². The fourth-order valence-corrected chi connectivity index (χ4v) is 4.98. The summed E-state index contributed by atoms with van der Waals surface area (Å²) in [5.74, 6) is -0.114. The zero-order chi connectivity index (χ0) is 21.5. The van der Waals surface area contributed by atoms with Gasteiger partial charge in [0, 0.05) is 17.7 Å². The maximum atomic E-state index is 12.8. The topological polar surface area (TPSA) is 107 Å². The van der Waals surface area contributed by atoms with Gasteiger partial charge in [0.1, 0.15) is 10.6 Å². The van der Waals surface area contributed by atoms with Crippen LogP contribution in [-0.2, 0) is 16.6 Å². The summed E-state index contributed by atoms with van der Waals surface area (Å²) in [5.41, 5.74) is 1.71. The molecule has 0 N–H and O–H groups in total. The first-order valence-corrected chi connectivity index (χ1v) is 10.3. The lowest BCUT2D eigenvalue weighted by Crippen LogP contribution is -2.29. The van der Waals surface area contributed by atoms with E-state index in [1.54, 1.807) is 42.5 Å². The minimum absolute atomic E-state index is 0.0116. The normalized spacial score (nSPS) is 14.4. The van der Waals surface area contributed by atoms with E-state index in [4.69, 9.17) is 4.74 Å². The third-order valence-electron chi connectivity index (χ3n) is 4.87. The highest BCUT2D eigenvalue weighted by Crippen LogP contribution is 2.35. The molecule has 3 aromatic carbocycles. The standard InChI is InChI=1S/C21H16N2O6S/c1-29-19-10-9-14(11-18(19)15-5-4-6-16(12-15)23(25)26)13-22-21(24)17-7-2-3-8-20(17)30(22,27)28/h2-12H,13H2,1H3. The molecule has 1 heterocycles. The number of non-ortho nitro benzene ring substituents is 1. The van der Waals surface area contributed by atoms with E-state index in [0.717, 1.165) is 4.31 Å². The number of nitrogens with zero attached hydrogens (tertiary/aromatic N) is 2. The number of nitro benzene ring substituents is 1. The average Bonchev–Trinajstić information content (AvgIpc) is 2.94. The van der Waals surface area contributed by atoms with E-state index in [0.29, 0.717) is 22.4 Å². The van der Waals surface area contributed by atoms with Crippen LogP contribution in [0.4, 0.5) is 5.69 Å². The number of ether oxygens (including phenoxy) is 1. The van der Waals surface area contributed by atoms with E-state index in [9.17, 15) is 23.3 Å². The first-order valence-electron chi connectivity index (χ1n) is 8.91. The molecule has 152 valence electrons. The van der Waals surface area contributed by atoms with Crippen LogP contribution in [-0.4, -0.2) is 30.7 Å². The minimum Gasteiger partial charge on any atom is -0.496 e. The molecule has 3 aromatic rings. The molecule has 8 nitrogen and oxygen atoms in total. The average molecular weight is 424 g/mol. The van der Waals surface area contributed by atoms with Crippen LogP contribution >= 0.6 is 0 Å². The van der Waals surface area contributed by atoms with Gasteiger partial charge >= 0.3 is 0 Å². The first-order chi connectivity index (χ1) is 14.3. The number of carbonyl (C=O) groups excluding carboxylic acids is 1. The Kier molecular flexibility index (Phi) is 4.75. The number of methoxy groups -OCH3 is 1. The zero-order valence-corrected chi connectivity index (χ0v) is 16.6. The van der Waals surface area contributed by atoms with Gasteiger partial charge in [-0.25, -0.2) is 12.7 Å². The van der Waals surface area contributed by atoms with Crippen molar-refractivity contribution in [2.24, 2.45) is 0 Å². The van der Waals surface area contributed by atoms with E-state index in [1.165, 1.54) is 31.4 Å². The van der Waals surface area contributed by atoms with Gasteiger partial charge in [-0.05, 0) is 35.4 Å². The summed E-state index contributed by atoms with van der Waals surface area (Å²) < 4.78 is 31.8. The molecule has 9 heteroatoms. The summed E-state index contributed by atoms with van der Waals surface area (Å²) in [5, 5.41) is 11.1. The van der Waals surface area contributed by atoms with Crippen LogP contribution in [0.25, 0.3) is 11.1 Å². The van der Waals surface area contributed by atoms with Gasteiger partial charge in [-0.15, -0.1) is 0 Å². The molecule has 0 radical (unpaired) electrons. The van der Waals surface area contributed by atoms with Gasteiger partial charge in [0.15, 0.2) is 0 Å². The van der Waals surface area contributed by atoms with Crippen LogP contribution in [0.3, 0.4) is 0 Å². The van der Waals surface area contributed by atoms with Crippen molar-refractivity contribution in [2.75, 3.05) is 7.11 Å². The summed E-state index contributed by atoms with van der Waals surface area (Å²) in [6, 6.07) is 17.1. The van der Waals surface area contributed by atoms with Gasteiger partial charge in [-0.1, -0.05) is 30.3 Å². The molecule has 0 atom stereocenters. The first kappa shape index (κ1) is 19.6. The molecular weight excluding hydrogens is 408 g/mol. The zero-order valence-electron chi connectivity index (χ0n) is 15.8. The van der Waals surface area contributed by atoms with Crippen LogP contribution in [0.5, 0.6) is 5.75 Å². The summed E-state index contributed by atoms with van der Waals surface area (Å²) in [6.07, 6.45) is 0. The van der Waals surface area contributed by atoms with E-state index < -0.39 is 20.9 Å². The number of hydrogen-bond acceptors (Lipinski definition) is 6. The van der Waals surface area contributed by atoms with Gasteiger partial charge in [0.2, 0.25) is 0 Å². The van der Waals surface area contributed by atoms with Crippen LogP contribution in [0, 0.1) is 10.1 Å². The Bertz CT molecular complexity index is 1290. The quantitative estimate of drug-likeness (QED) is 0.457. The molecule has 0 bridgehead atoms. The molecule has 4 rings (SSSR count). The van der Waals surface area contributed by atoms with Crippen molar-refractivity contribution in [3.63, 3.8) is 0 Å². The number of rotatable bonds is 5. The Morgan fingerprint density at radius 2 is 1.77 bits per heavy atom. The number of carbonyl (C=O) groups is 1. The van der Waals surface area contributed by atoms with Crippen molar-refractivity contribution in [1.82, 2.24) is 4.31 Å². The van der Waals surface area contributed by atoms with Crippen molar-refractivity contribution in [2.45, 2.75) is 11.4 Å². The maximum absolute atomic E-state index is 12.8. The summed E-state index contributed by atoms with van der Waals surface area (Å²) in [7, 11) is -2.47. The second-order valence-electron chi connectivity index (χ2n) is 6.66. The van der Waals surface area contributed by atoms with Crippen LogP contribution < -0.4 is 4.74 Å². The molecule has 0 saturated carbocycles. The second kappa shape index (κ2) is 7.27. The highest BCUT2D eigenvalue weighted by atomic mass is 32.2. The molecule has 0 spiro atoms. The number of benzene rings is 3. The smallest absolute Gasteiger partial charge is 0.270 e. The van der Waals surface area contributed by atoms with Crippen LogP contribution in [0.15, 0.2) is 71.6 Å². The SMILES string of the molecule is COc1ccc(CN2C(=O)c3ccccc3S2(=O)=O)cc1-c1cccc([N+](=O)[O-])c1. The Balaban J connectivity index is 1.74. The maximum Gasteiger partial charge on any atom is 0.270 e. The van der Waals surface area contributed by atoms with E-state index >= 15 is 0 Å². The Morgan fingerprint density at radius 1 is 1.00 bits per heavy atom. The summed E-state index contributed by atoms with van der Waals surface area (Å²) in [6.45, 7) is -0.165. The van der Waals surface area contributed by atoms with Crippen molar-refractivity contribution in [3.05, 3.63) is 88.0 Å². The Morgan fingerprint density at radius 3 is 2.47 bits per heavy atom. The van der Waals surface area contributed by atoms with E-state index in [1.807, 2.05) is 0 Å². The molecule has 1 amide bonds. The predicted octanol–water partition coefficient (Wildman–Crippen LogP) is 3.62. The van der Waals surface area contributed by atoms with Crippen molar-refractivity contribution < 1.29 is 22.9 Å². The van der Waals surface area contributed by atoms with Gasteiger partial charge in [0.25, 0.3) is 21.6 Å². The van der Waals surface area contributed by atoms with Gasteiger partial charge in [-0.3, -0.25) is 14.9 Å². The lowest BCUT2D eigenvalue weighted by Gasteiger charge is -2.17. The fourth-order valence-electron chi connectivity index (χ4n) is 3.42. The third-order valence-corrected chi connectivity index (χ3v) is 6.66. The molecule has 0 fully saturated rings. The molecule has 1 aliphatic heterocycles. The number of amides is 1. The highest BCUT2D eigenvalue weighted by Gasteiger charge is 2.40. The summed E-state index contributed by atoms with van der Waals surface area (Å²) in [4.78, 5) is 23.3. The monoisotopic (exact) mass is 424 g/mol. The number of sulfonamides is 1. The Labute approximate surface area is 172 Å². The van der Waals surface area contributed by atoms with Gasteiger partial charge < -0.3 is 4.74 Å². The van der Waals surface area contributed by atoms with Crippen molar-refractivity contribution >= 4 is 21.6 Å². The van der Waals surface area contributed by atoms with Crippen molar-refractivity contribution in [1.29, 1.82) is 0 Å². The minimum atomic E-state index is -3.94. The third kappa shape index (κ3) is 3.18. The molecule has 0 unspecified atom stereocenters. The largest absolute Gasteiger partial charge is 0.496 e. The Hall–Kier alpha value is -3.72. The van der Waals surface area contributed by atoms with Crippen LogP contribution in [0.2, 0.25) is 0 Å². The second-order valence-corrected chi connectivity index (χ2v) is 8.49. The highest BCUT2D eigenvalue weighted by molar-refractivity contribution is 7.90. The predicted molar refractivity (Wildman–Crippen MR) is 109 cm³/mol. The number of hydrogen-bond donors (Lipinski definition) is 0. The molecular formula is C21H16N2O6S. The fraction of sp³-hybridized carbons (Fsp3) is 0.0952. The van der Waals surface area contributed by atoms with Crippen LogP contribution in [0.1, 0.15) is 15.9 Å². The molecule has 30 heavy (non-hydrogen) atoms. The lowest BCUT2D eigenvalue weighted by atomic mass is 10.0. The molecule has 0 aromatic heterocycles. The van der Waals surface area contributed by atoms with E-state index in [-0.39, 0.29) is 22.7 Å². The van der Waals surface area contributed by atoms with E-state index in [2.05, 4.69) is 0 Å². The van der Waals surface area contributed by atoms with Gasteiger partial charge in [0.05, 0.1) is 24.1 Å². The summed E-state index contributed by atoms with van der Waals surface area (Å²) >= 11 is 0. The molecule has 1 aliphatic rings. The number of nitro groups is 1.